The van der Waals surface area contributed by atoms with E-state index in [1.807, 2.05) is 42.5 Å². The predicted octanol–water partition coefficient (Wildman–Crippen LogP) is 5.66. The Morgan fingerprint density at radius 1 is 1.04 bits per heavy atom. The van der Waals surface area contributed by atoms with Gasteiger partial charge in [0.05, 0.1) is 5.02 Å². The molecule has 0 unspecified atom stereocenters. The molecule has 0 heterocycles. The molecular weight excluding hydrogens is 359 g/mol. The summed E-state index contributed by atoms with van der Waals surface area (Å²) in [5.41, 5.74) is 0.947. The summed E-state index contributed by atoms with van der Waals surface area (Å²) in [6, 6.07) is 18.7. The zero-order valence-corrected chi connectivity index (χ0v) is 15.1. The van der Waals surface area contributed by atoms with E-state index in [1.54, 1.807) is 25.1 Å². The van der Waals surface area contributed by atoms with Crippen molar-refractivity contribution in [3.8, 4) is 5.75 Å². The van der Waals surface area contributed by atoms with Gasteiger partial charge in [-0.25, -0.2) is 4.79 Å². The fourth-order valence-corrected chi connectivity index (χ4v) is 2.95. The average molecular weight is 375 g/mol. The maximum Gasteiger partial charge on any atom is 0.347 e. The molecule has 25 heavy (non-hydrogen) atoms. The molecule has 5 heteroatoms. The fraction of sp³-hybridized carbons (Fsp3) is 0.150. The monoisotopic (exact) mass is 374 g/mol. The summed E-state index contributed by atoms with van der Waals surface area (Å²) in [6.07, 6.45) is -0.784. The van der Waals surface area contributed by atoms with Crippen LogP contribution in [0.25, 0.3) is 10.8 Å². The molecule has 3 aromatic rings. The number of esters is 1. The molecule has 0 saturated carbocycles. The van der Waals surface area contributed by atoms with Crippen LogP contribution in [0.2, 0.25) is 10.0 Å². The van der Waals surface area contributed by atoms with Crippen LogP contribution in [-0.2, 0) is 16.1 Å². The average Bonchev–Trinajstić information content (AvgIpc) is 2.61. The fourth-order valence-electron chi connectivity index (χ4n) is 2.49. The lowest BCUT2D eigenvalue weighted by Gasteiger charge is -2.15. The van der Waals surface area contributed by atoms with E-state index in [0.717, 1.165) is 16.3 Å². The summed E-state index contributed by atoms with van der Waals surface area (Å²) < 4.78 is 11.0. The summed E-state index contributed by atoms with van der Waals surface area (Å²) in [4.78, 5) is 12.2. The number of hydrogen-bond donors (Lipinski definition) is 0. The molecule has 0 aliphatic heterocycles. The molecule has 0 bridgehead atoms. The highest BCUT2D eigenvalue weighted by Gasteiger charge is 2.18. The summed E-state index contributed by atoms with van der Waals surface area (Å²) in [7, 11) is 0. The van der Waals surface area contributed by atoms with E-state index in [2.05, 4.69) is 0 Å². The van der Waals surface area contributed by atoms with Gasteiger partial charge < -0.3 is 9.47 Å². The Morgan fingerprint density at radius 3 is 2.60 bits per heavy atom. The number of carbonyl (C=O) groups is 1. The van der Waals surface area contributed by atoms with Crippen molar-refractivity contribution >= 4 is 39.9 Å². The summed E-state index contributed by atoms with van der Waals surface area (Å²) in [5, 5.41) is 3.02. The van der Waals surface area contributed by atoms with Crippen molar-refractivity contribution in [2.75, 3.05) is 0 Å². The third-order valence-electron chi connectivity index (χ3n) is 3.78. The quantitative estimate of drug-likeness (QED) is 0.540. The summed E-state index contributed by atoms with van der Waals surface area (Å²) in [6.45, 7) is 1.80. The minimum Gasteiger partial charge on any atom is -0.477 e. The smallest absolute Gasteiger partial charge is 0.347 e. The molecule has 0 radical (unpaired) electrons. The Morgan fingerprint density at radius 2 is 1.80 bits per heavy atom. The van der Waals surface area contributed by atoms with Crippen LogP contribution in [0, 0.1) is 0 Å². The lowest BCUT2D eigenvalue weighted by molar-refractivity contribution is -0.152. The number of fused-ring (bicyclic) bond motifs is 1. The number of ether oxygens (including phenoxy) is 2. The van der Waals surface area contributed by atoms with Crippen molar-refractivity contribution in [2.24, 2.45) is 0 Å². The van der Waals surface area contributed by atoms with E-state index in [0.29, 0.717) is 15.8 Å². The van der Waals surface area contributed by atoms with E-state index >= 15 is 0 Å². The van der Waals surface area contributed by atoms with Crippen molar-refractivity contribution in [1.82, 2.24) is 0 Å². The summed E-state index contributed by atoms with van der Waals surface area (Å²) in [5.74, 6) is -0.0698. The standard InChI is InChI=1S/C20H16Cl2O3/c1-13(25-19-10-9-16(21)11-18(19)22)20(23)24-12-15-7-4-6-14-5-2-3-8-17(14)15/h2-11,13H,12H2,1H3/t13-/m0/s1. The van der Waals surface area contributed by atoms with Crippen molar-refractivity contribution < 1.29 is 14.3 Å². The van der Waals surface area contributed by atoms with Gasteiger partial charge in [-0.15, -0.1) is 0 Å². The third-order valence-corrected chi connectivity index (χ3v) is 4.31. The minimum absolute atomic E-state index is 0.183. The predicted molar refractivity (Wildman–Crippen MR) is 100 cm³/mol. The van der Waals surface area contributed by atoms with E-state index < -0.39 is 12.1 Å². The second-order valence-corrected chi connectivity index (χ2v) is 6.42. The van der Waals surface area contributed by atoms with Crippen LogP contribution in [0.15, 0.2) is 60.7 Å². The van der Waals surface area contributed by atoms with Gasteiger partial charge in [0.2, 0.25) is 0 Å². The summed E-state index contributed by atoms with van der Waals surface area (Å²) >= 11 is 11.9. The molecule has 0 fully saturated rings. The first-order valence-electron chi connectivity index (χ1n) is 7.79. The van der Waals surface area contributed by atoms with Crippen molar-refractivity contribution in [1.29, 1.82) is 0 Å². The van der Waals surface area contributed by atoms with Gasteiger partial charge >= 0.3 is 5.97 Å². The first-order chi connectivity index (χ1) is 12.0. The number of hydrogen-bond acceptors (Lipinski definition) is 3. The molecule has 0 amide bonds. The molecule has 128 valence electrons. The third kappa shape index (κ3) is 4.25. The molecule has 0 N–H and O–H groups in total. The van der Waals surface area contributed by atoms with Gasteiger partial charge in [0.25, 0.3) is 0 Å². The van der Waals surface area contributed by atoms with Crippen LogP contribution >= 0.6 is 23.2 Å². The number of rotatable bonds is 5. The van der Waals surface area contributed by atoms with Crippen molar-refractivity contribution in [2.45, 2.75) is 19.6 Å². The lowest BCUT2D eigenvalue weighted by Crippen LogP contribution is -2.26. The molecular formula is C20H16Cl2O3. The first kappa shape index (κ1) is 17.6. The Bertz CT molecular complexity index is 903. The van der Waals surface area contributed by atoms with Gasteiger partial charge in [-0.2, -0.15) is 0 Å². The Balaban J connectivity index is 1.65. The molecule has 3 aromatic carbocycles. The van der Waals surface area contributed by atoms with Crippen LogP contribution in [0.3, 0.4) is 0 Å². The second-order valence-electron chi connectivity index (χ2n) is 5.58. The molecule has 0 aliphatic rings. The number of carbonyl (C=O) groups excluding carboxylic acids is 1. The van der Waals surface area contributed by atoms with Gasteiger partial charge in [-0.3, -0.25) is 0 Å². The van der Waals surface area contributed by atoms with Crippen LogP contribution in [0.1, 0.15) is 12.5 Å². The van der Waals surface area contributed by atoms with Crippen LogP contribution in [-0.4, -0.2) is 12.1 Å². The largest absolute Gasteiger partial charge is 0.477 e. The molecule has 0 aliphatic carbocycles. The van der Waals surface area contributed by atoms with Gasteiger partial charge in [0.1, 0.15) is 12.4 Å². The lowest BCUT2D eigenvalue weighted by atomic mass is 10.1. The highest BCUT2D eigenvalue weighted by Crippen LogP contribution is 2.28. The van der Waals surface area contributed by atoms with Crippen molar-refractivity contribution in [3.63, 3.8) is 0 Å². The Labute approximate surface area is 156 Å². The van der Waals surface area contributed by atoms with Gasteiger partial charge in [0.15, 0.2) is 6.10 Å². The first-order valence-corrected chi connectivity index (χ1v) is 8.55. The molecule has 3 nitrogen and oxygen atoms in total. The maximum absolute atomic E-state index is 12.2. The van der Waals surface area contributed by atoms with E-state index in [-0.39, 0.29) is 6.61 Å². The molecule has 0 spiro atoms. The Kier molecular flexibility index (Phi) is 5.47. The van der Waals surface area contributed by atoms with Gasteiger partial charge in [-0.05, 0) is 41.5 Å². The van der Waals surface area contributed by atoms with Crippen LogP contribution in [0.5, 0.6) is 5.75 Å². The van der Waals surface area contributed by atoms with E-state index in [1.165, 1.54) is 0 Å². The van der Waals surface area contributed by atoms with Gasteiger partial charge in [0, 0.05) is 5.02 Å². The molecule has 0 aromatic heterocycles. The number of benzene rings is 3. The van der Waals surface area contributed by atoms with E-state index in [4.69, 9.17) is 32.7 Å². The number of halogens is 2. The minimum atomic E-state index is -0.784. The van der Waals surface area contributed by atoms with Crippen LogP contribution < -0.4 is 4.74 Å². The topological polar surface area (TPSA) is 35.5 Å². The molecule has 1 atom stereocenters. The highest BCUT2D eigenvalue weighted by molar-refractivity contribution is 6.35. The van der Waals surface area contributed by atoms with Crippen LogP contribution in [0.4, 0.5) is 0 Å². The maximum atomic E-state index is 12.2. The molecule has 3 rings (SSSR count). The Hall–Kier alpha value is -2.23. The molecule has 0 saturated heterocycles. The second kappa shape index (κ2) is 7.77. The van der Waals surface area contributed by atoms with E-state index in [9.17, 15) is 4.79 Å². The normalized spacial score (nSPS) is 12.0. The highest BCUT2D eigenvalue weighted by atomic mass is 35.5. The van der Waals surface area contributed by atoms with Crippen molar-refractivity contribution in [3.05, 3.63) is 76.3 Å². The van der Waals surface area contributed by atoms with Gasteiger partial charge in [-0.1, -0.05) is 65.7 Å². The zero-order valence-electron chi connectivity index (χ0n) is 13.5. The SMILES string of the molecule is C[C@H](Oc1ccc(Cl)cc1Cl)C(=O)OCc1cccc2ccccc12. The zero-order chi connectivity index (χ0) is 17.8.